The van der Waals surface area contributed by atoms with Crippen molar-refractivity contribution in [1.29, 1.82) is 0 Å². The molecule has 0 aliphatic carbocycles. The van der Waals surface area contributed by atoms with Crippen LogP contribution in [0.3, 0.4) is 0 Å². The van der Waals surface area contributed by atoms with Crippen LogP contribution in [0.15, 0.2) is 315 Å². The molecule has 17 aromatic carbocycles. The molecular weight excluding hydrogens is 1690 g/mol. The van der Waals surface area contributed by atoms with Crippen molar-refractivity contribution >= 4 is 136 Å². The van der Waals surface area contributed by atoms with Crippen molar-refractivity contribution in [1.82, 2.24) is 0 Å². The van der Waals surface area contributed by atoms with E-state index < -0.39 is 0 Å². The van der Waals surface area contributed by atoms with Crippen LogP contribution < -0.4 is 39.2 Å². The third-order valence-corrected chi connectivity index (χ3v) is 27.8. The maximum Gasteiger partial charge on any atom is 0.0520 e. The minimum atomic E-state index is 1.02. The van der Waals surface area contributed by atoms with Crippen LogP contribution in [0.2, 0.25) is 0 Å². The van der Waals surface area contributed by atoms with Gasteiger partial charge in [0.25, 0.3) is 0 Å². The fourth-order valence-corrected chi connectivity index (χ4v) is 22.5. The molecule has 8 heteroatoms. The minimum absolute atomic E-state index is 1.02. The highest BCUT2D eigenvalue weighted by Crippen LogP contribution is 2.53. The van der Waals surface area contributed by atoms with Crippen molar-refractivity contribution in [3.8, 4) is 0 Å². The Morgan fingerprint density at radius 3 is 0.360 bits per heavy atom. The number of aryl methyl sites for hydroxylation is 26. The van der Waals surface area contributed by atoms with Gasteiger partial charge in [0.05, 0.1) is 45.5 Å². The van der Waals surface area contributed by atoms with Gasteiger partial charge in [0, 0.05) is 91.0 Å². The highest BCUT2D eigenvalue weighted by atomic mass is 15.2. The first-order valence-corrected chi connectivity index (χ1v) is 49.6. The highest BCUT2D eigenvalue weighted by molar-refractivity contribution is 5.94. The Morgan fingerprint density at radius 2 is 0.237 bits per heavy atom. The van der Waals surface area contributed by atoms with Gasteiger partial charge in [-0.1, -0.05) is 185 Å². The zero-order valence-corrected chi connectivity index (χ0v) is 86.7. The minimum Gasteiger partial charge on any atom is -0.311 e. The summed E-state index contributed by atoms with van der Waals surface area (Å²) in [4.78, 5) is 19.6. The summed E-state index contributed by atoms with van der Waals surface area (Å²) < 4.78 is 0. The Bertz CT molecular complexity index is 6820. The van der Waals surface area contributed by atoms with Crippen molar-refractivity contribution in [2.75, 3.05) is 39.2 Å². The topological polar surface area (TPSA) is 25.9 Å². The van der Waals surface area contributed by atoms with E-state index in [4.69, 9.17) is 0 Å². The van der Waals surface area contributed by atoms with Crippen molar-refractivity contribution in [3.05, 3.63) is 460 Å². The molecule has 17 rings (SSSR count). The molecule has 17 aromatic rings. The van der Waals surface area contributed by atoms with E-state index in [2.05, 4.69) is 535 Å². The van der Waals surface area contributed by atoms with Gasteiger partial charge in [0.2, 0.25) is 0 Å². The predicted molar refractivity (Wildman–Crippen MR) is 601 cm³/mol. The van der Waals surface area contributed by atoms with Gasteiger partial charge in [-0.25, -0.2) is 0 Å². The quantitative estimate of drug-likeness (QED) is 0.0503. The summed E-state index contributed by atoms with van der Waals surface area (Å²) in [5.41, 5.74) is 58.8. The molecule has 0 aromatic heterocycles. The second-order valence-corrected chi connectivity index (χ2v) is 39.9. The number of anilines is 24. The third-order valence-electron chi connectivity index (χ3n) is 27.8. The molecule has 0 unspecified atom stereocenters. The second kappa shape index (κ2) is 40.1. The molecule has 0 saturated carbocycles. The molecule has 700 valence electrons. The van der Waals surface area contributed by atoms with Crippen molar-refractivity contribution in [2.24, 2.45) is 0 Å². The molecule has 0 aliphatic heterocycles. The van der Waals surface area contributed by atoms with Gasteiger partial charge in [-0.2, -0.15) is 0 Å². The molecule has 0 amide bonds. The first kappa shape index (κ1) is 95.8. The fraction of sp³-hybridized carbons (Fsp3) is 0.221. The van der Waals surface area contributed by atoms with Crippen LogP contribution in [0, 0.1) is 173 Å². The zero-order valence-electron chi connectivity index (χ0n) is 86.7. The van der Waals surface area contributed by atoms with Crippen LogP contribution in [0.25, 0.3) is 0 Å². The van der Waals surface area contributed by atoms with Crippen molar-refractivity contribution in [2.45, 2.75) is 199 Å². The van der Waals surface area contributed by atoms with Crippen LogP contribution in [0.5, 0.6) is 0 Å². The molecule has 0 saturated heterocycles. The normalized spacial score (nSPS) is 11.3. The second-order valence-electron chi connectivity index (χ2n) is 39.9. The third kappa shape index (κ3) is 19.7. The van der Waals surface area contributed by atoms with Crippen LogP contribution in [0.4, 0.5) is 136 Å². The van der Waals surface area contributed by atoms with E-state index in [1.807, 2.05) is 0 Å². The average Bonchev–Trinajstić information content (AvgIpc) is 0.766. The standard InChI is InChI=1S/C131H136N8/c1-27-28-29-107-80-105(25)131(106(26)81-107)139(130-103(23)78-90(10)79-104(130)24)123-64-56-119(57-65-123)135(118-54-62-122(63-55-118)138(128-99(19)74-88(8)75-100(128)20)129-101(21)76-89(9)77-102(129)22)115-48-44-113(45-49-115)133(109-36-32-83(3)33-37-109)111-40-38-110(39-41-111)132(108-34-30-82(2)31-35-108)112-42-46-114(47-43-112)134(116-50-58-120(59-51-116)136(124-91(11)66-84(4)67-92(124)12)125-93(13)68-85(5)69-94(125)14)117-52-60-121(61-53-117)137(126-95(15)70-86(6)71-96(126)16)127-97(17)72-87(7)73-98(127)18/h30-81H,27-29H2,1-26H3. The maximum atomic E-state index is 2.53. The number of nitrogens with zero attached hydrogens (tertiary/aromatic N) is 8. The van der Waals surface area contributed by atoms with E-state index >= 15 is 0 Å². The van der Waals surface area contributed by atoms with Crippen molar-refractivity contribution in [3.63, 3.8) is 0 Å². The Hall–Kier alpha value is -14.9. The number of hydrogen-bond donors (Lipinski definition) is 0. The van der Waals surface area contributed by atoms with E-state index in [0.717, 1.165) is 110 Å². The van der Waals surface area contributed by atoms with Gasteiger partial charge in [0.15, 0.2) is 0 Å². The van der Waals surface area contributed by atoms with Gasteiger partial charge in [-0.3, -0.25) is 0 Å². The largest absolute Gasteiger partial charge is 0.311 e. The number of hydrogen-bond acceptors (Lipinski definition) is 8. The lowest BCUT2D eigenvalue weighted by molar-refractivity contribution is 0.794. The predicted octanol–water partition coefficient (Wildman–Crippen LogP) is 38.5. The van der Waals surface area contributed by atoms with Gasteiger partial charge < -0.3 is 39.2 Å². The molecule has 0 heterocycles. The lowest BCUT2D eigenvalue weighted by Gasteiger charge is -2.33. The summed E-state index contributed by atoms with van der Waals surface area (Å²) in [5.74, 6) is 0. The van der Waals surface area contributed by atoms with Crippen LogP contribution in [-0.2, 0) is 6.42 Å². The number of unbranched alkanes of at least 4 members (excludes halogenated alkanes) is 1. The lowest BCUT2D eigenvalue weighted by Crippen LogP contribution is -2.17. The van der Waals surface area contributed by atoms with Crippen LogP contribution >= 0.6 is 0 Å². The first-order valence-electron chi connectivity index (χ1n) is 49.6. The van der Waals surface area contributed by atoms with Crippen molar-refractivity contribution < 1.29 is 0 Å². The van der Waals surface area contributed by atoms with Crippen LogP contribution in [0.1, 0.15) is 164 Å². The summed E-state index contributed by atoms with van der Waals surface area (Å²) >= 11 is 0. The Morgan fingerprint density at radius 1 is 0.129 bits per heavy atom. The summed E-state index contributed by atoms with van der Waals surface area (Å²) in [6, 6.07) is 120. The smallest absolute Gasteiger partial charge is 0.0520 e. The summed E-state index contributed by atoms with van der Waals surface area (Å²) in [6.07, 6.45) is 3.39. The molecule has 8 nitrogen and oxygen atoms in total. The first-order chi connectivity index (χ1) is 66.6. The Kier molecular flexibility index (Phi) is 27.6. The Balaban J connectivity index is 0.764. The molecule has 0 bridgehead atoms. The van der Waals surface area contributed by atoms with Gasteiger partial charge in [0.1, 0.15) is 0 Å². The molecule has 0 spiro atoms. The highest BCUT2D eigenvalue weighted by Gasteiger charge is 2.30. The van der Waals surface area contributed by atoms with E-state index in [1.165, 1.54) is 190 Å². The Labute approximate surface area is 829 Å². The summed E-state index contributed by atoms with van der Waals surface area (Å²) in [7, 11) is 0. The molecule has 0 atom stereocenters. The lowest BCUT2D eigenvalue weighted by atomic mass is 9.97. The van der Waals surface area contributed by atoms with Gasteiger partial charge in [-0.15, -0.1) is 0 Å². The average molecular weight is 1820 g/mol. The fourth-order valence-electron chi connectivity index (χ4n) is 22.5. The van der Waals surface area contributed by atoms with E-state index in [0.29, 0.717) is 0 Å². The summed E-state index contributed by atoms with van der Waals surface area (Å²) in [6.45, 7) is 58.2. The number of benzene rings is 17. The van der Waals surface area contributed by atoms with Gasteiger partial charge >= 0.3 is 0 Å². The van der Waals surface area contributed by atoms with E-state index in [9.17, 15) is 0 Å². The van der Waals surface area contributed by atoms with E-state index in [-0.39, 0.29) is 0 Å². The molecule has 0 fully saturated rings. The zero-order chi connectivity index (χ0) is 98.4. The molecular formula is C131H136N8. The monoisotopic (exact) mass is 1820 g/mol. The molecule has 0 aliphatic rings. The maximum absolute atomic E-state index is 2.53. The number of rotatable bonds is 27. The molecule has 0 radical (unpaired) electrons. The molecule has 139 heavy (non-hydrogen) atoms. The van der Waals surface area contributed by atoms with Gasteiger partial charge in [-0.05, 0) is 475 Å². The van der Waals surface area contributed by atoms with E-state index in [1.54, 1.807) is 0 Å². The SMILES string of the molecule is CCCCc1cc(C)c(N(c2ccc(N(c3ccc(N(c4ccc(C)cc4)c4ccc(N(c5ccc(C)cc5)c5ccc(N(c6ccc(N(c7c(C)cc(C)cc7C)c7c(C)cc(C)cc7C)cc6)c6ccc(N(c7c(C)cc(C)cc7C)c7c(C)cc(C)cc7C)cc6)cc5)cc4)cc3)c3ccc(N(c4c(C)cc(C)cc4C)c4c(C)cc(C)cc4C)cc3)cc2)c2c(C)cc(C)cc2C)c(C)c1. The van der Waals surface area contributed by atoms with Crippen LogP contribution in [-0.4, -0.2) is 0 Å². The molecule has 0 N–H and O–H groups in total. The summed E-state index contributed by atoms with van der Waals surface area (Å²) in [5, 5.41) is 0.